The summed E-state index contributed by atoms with van der Waals surface area (Å²) in [5.74, 6) is 0.743. The van der Waals surface area contributed by atoms with Crippen LogP contribution in [-0.2, 0) is 29.6 Å². The van der Waals surface area contributed by atoms with Crippen LogP contribution in [0.5, 0.6) is 5.88 Å². The van der Waals surface area contributed by atoms with Crippen LogP contribution in [0.25, 0.3) is 11.3 Å². The van der Waals surface area contributed by atoms with Gasteiger partial charge in [0.2, 0.25) is 15.9 Å². The third-order valence-electron chi connectivity index (χ3n) is 4.92. The zero-order valence-electron chi connectivity index (χ0n) is 16.1. The lowest BCUT2D eigenvalue weighted by Crippen LogP contribution is -2.35. The third kappa shape index (κ3) is 4.15. The van der Waals surface area contributed by atoms with Crippen LogP contribution in [0.3, 0.4) is 0 Å². The van der Waals surface area contributed by atoms with E-state index in [0.29, 0.717) is 36.8 Å². The lowest BCUT2D eigenvalue weighted by atomic mass is 10.1. The summed E-state index contributed by atoms with van der Waals surface area (Å²) in [5, 5.41) is 4.07. The molecular formula is C20H20FN3O4S. The van der Waals surface area contributed by atoms with Crippen molar-refractivity contribution in [1.29, 1.82) is 0 Å². The number of hydrogen-bond acceptors (Lipinski definition) is 6. The minimum atomic E-state index is -3.22. The lowest BCUT2D eigenvalue weighted by molar-refractivity contribution is 0.288. The average Bonchev–Trinajstić information content (AvgIpc) is 3.06. The van der Waals surface area contributed by atoms with Gasteiger partial charge in [0.25, 0.3) is 0 Å². The van der Waals surface area contributed by atoms with E-state index in [4.69, 9.17) is 9.26 Å². The van der Waals surface area contributed by atoms with Crippen molar-refractivity contribution in [3.05, 3.63) is 64.8 Å². The van der Waals surface area contributed by atoms with Gasteiger partial charge < -0.3 is 9.26 Å². The number of aryl methyl sites for hydroxylation is 1. The maximum atomic E-state index is 13.2. The fourth-order valence-electron chi connectivity index (χ4n) is 3.28. The van der Waals surface area contributed by atoms with Crippen molar-refractivity contribution >= 4 is 10.0 Å². The van der Waals surface area contributed by atoms with Crippen molar-refractivity contribution in [2.75, 3.05) is 12.8 Å². The SMILES string of the molecule is Cc1onc(-c2ccc(F)cc2)c1COc1ccc2c(n1)CCN(S(C)(=O)=O)C2. The molecule has 0 fully saturated rings. The summed E-state index contributed by atoms with van der Waals surface area (Å²) in [6.45, 7) is 2.71. The highest BCUT2D eigenvalue weighted by molar-refractivity contribution is 7.88. The summed E-state index contributed by atoms with van der Waals surface area (Å²) in [5.41, 5.74) is 3.81. The molecule has 1 aromatic carbocycles. The molecule has 0 N–H and O–H groups in total. The second-order valence-corrected chi connectivity index (χ2v) is 8.95. The van der Waals surface area contributed by atoms with Gasteiger partial charge >= 0.3 is 0 Å². The number of nitrogens with zero attached hydrogens (tertiary/aromatic N) is 3. The lowest BCUT2D eigenvalue weighted by Gasteiger charge is -2.26. The predicted molar refractivity (Wildman–Crippen MR) is 104 cm³/mol. The molecule has 4 rings (SSSR count). The predicted octanol–water partition coefficient (Wildman–Crippen LogP) is 3.08. The Labute approximate surface area is 168 Å². The minimum Gasteiger partial charge on any atom is -0.473 e. The topological polar surface area (TPSA) is 85.5 Å². The van der Waals surface area contributed by atoms with E-state index in [0.717, 1.165) is 22.4 Å². The second-order valence-electron chi connectivity index (χ2n) is 6.96. The number of pyridine rings is 1. The van der Waals surface area contributed by atoms with Crippen molar-refractivity contribution in [2.24, 2.45) is 0 Å². The van der Waals surface area contributed by atoms with E-state index in [1.54, 1.807) is 25.1 Å². The van der Waals surface area contributed by atoms with Gasteiger partial charge in [-0.05, 0) is 36.8 Å². The number of hydrogen-bond donors (Lipinski definition) is 0. The molecule has 7 nitrogen and oxygen atoms in total. The summed E-state index contributed by atoms with van der Waals surface area (Å²) in [4.78, 5) is 4.53. The molecule has 0 bridgehead atoms. The molecule has 0 spiro atoms. The molecule has 0 aliphatic carbocycles. The highest BCUT2D eigenvalue weighted by Crippen LogP contribution is 2.27. The number of benzene rings is 1. The van der Waals surface area contributed by atoms with Gasteiger partial charge in [0.1, 0.15) is 23.9 Å². The first-order valence-electron chi connectivity index (χ1n) is 9.09. The summed E-state index contributed by atoms with van der Waals surface area (Å²) in [7, 11) is -3.22. The Balaban J connectivity index is 1.51. The third-order valence-corrected chi connectivity index (χ3v) is 6.17. The van der Waals surface area contributed by atoms with Gasteiger partial charge in [-0.3, -0.25) is 0 Å². The van der Waals surface area contributed by atoms with Crippen molar-refractivity contribution < 1.29 is 22.1 Å². The summed E-state index contributed by atoms with van der Waals surface area (Å²) < 4.78 is 49.3. The molecule has 1 aliphatic rings. The molecule has 152 valence electrons. The molecule has 9 heteroatoms. The molecule has 0 unspecified atom stereocenters. The van der Waals surface area contributed by atoms with Crippen LogP contribution in [0, 0.1) is 12.7 Å². The molecule has 3 heterocycles. The van der Waals surface area contributed by atoms with Crippen LogP contribution >= 0.6 is 0 Å². The van der Waals surface area contributed by atoms with E-state index in [-0.39, 0.29) is 12.4 Å². The Morgan fingerprint density at radius 2 is 1.97 bits per heavy atom. The number of ether oxygens (including phenoxy) is 1. The minimum absolute atomic E-state index is 0.198. The largest absolute Gasteiger partial charge is 0.473 e. The van der Waals surface area contributed by atoms with E-state index in [1.807, 2.05) is 6.07 Å². The standard InChI is InChI=1S/C20H20FN3O4S/c1-13-17(20(23-28-13)14-3-6-16(21)7-4-14)12-27-19-8-5-15-11-24(29(2,25)26)10-9-18(15)22-19/h3-8H,9-12H2,1-2H3. The second kappa shape index (κ2) is 7.57. The van der Waals surface area contributed by atoms with Gasteiger partial charge in [0.15, 0.2) is 0 Å². The van der Waals surface area contributed by atoms with Gasteiger partial charge in [-0.1, -0.05) is 11.2 Å². The highest BCUT2D eigenvalue weighted by Gasteiger charge is 2.24. The van der Waals surface area contributed by atoms with Crippen LogP contribution in [0.2, 0.25) is 0 Å². The molecular weight excluding hydrogens is 397 g/mol. The Bertz CT molecular complexity index is 1140. The van der Waals surface area contributed by atoms with E-state index >= 15 is 0 Å². The van der Waals surface area contributed by atoms with Gasteiger partial charge in [-0.2, -0.15) is 4.31 Å². The van der Waals surface area contributed by atoms with Crippen LogP contribution in [0.4, 0.5) is 4.39 Å². The number of fused-ring (bicyclic) bond motifs is 1. The maximum Gasteiger partial charge on any atom is 0.213 e. The summed E-state index contributed by atoms with van der Waals surface area (Å²) in [6, 6.07) is 9.59. The maximum absolute atomic E-state index is 13.2. The normalized spacial score (nSPS) is 14.6. The fourth-order valence-corrected chi connectivity index (χ4v) is 4.07. The Hall–Kier alpha value is -2.78. The van der Waals surface area contributed by atoms with E-state index < -0.39 is 10.0 Å². The van der Waals surface area contributed by atoms with E-state index in [2.05, 4.69) is 10.1 Å². The first-order chi connectivity index (χ1) is 13.8. The van der Waals surface area contributed by atoms with Crippen LogP contribution in [-0.4, -0.2) is 35.7 Å². The van der Waals surface area contributed by atoms with Gasteiger partial charge in [-0.15, -0.1) is 0 Å². The van der Waals surface area contributed by atoms with Gasteiger partial charge in [0, 0.05) is 31.1 Å². The quantitative estimate of drug-likeness (QED) is 0.634. The zero-order valence-corrected chi connectivity index (χ0v) is 16.9. The van der Waals surface area contributed by atoms with Crippen LogP contribution < -0.4 is 4.74 Å². The molecule has 0 saturated carbocycles. The molecule has 29 heavy (non-hydrogen) atoms. The molecule has 2 aromatic heterocycles. The number of rotatable bonds is 5. The van der Waals surface area contributed by atoms with Crippen molar-refractivity contribution in [3.63, 3.8) is 0 Å². The number of sulfonamides is 1. The summed E-state index contributed by atoms with van der Waals surface area (Å²) >= 11 is 0. The summed E-state index contributed by atoms with van der Waals surface area (Å²) in [6.07, 6.45) is 1.75. The Kier molecular flexibility index (Phi) is 5.10. The highest BCUT2D eigenvalue weighted by atomic mass is 32.2. The molecule has 0 amide bonds. The Morgan fingerprint density at radius 1 is 1.21 bits per heavy atom. The fraction of sp³-hybridized carbons (Fsp3) is 0.300. The average molecular weight is 417 g/mol. The number of halogens is 1. The monoisotopic (exact) mass is 417 g/mol. The first kappa shape index (κ1) is 19.5. The first-order valence-corrected chi connectivity index (χ1v) is 10.9. The smallest absolute Gasteiger partial charge is 0.213 e. The van der Waals surface area contributed by atoms with Crippen LogP contribution in [0.1, 0.15) is 22.6 Å². The molecule has 1 aliphatic heterocycles. The van der Waals surface area contributed by atoms with E-state index in [1.165, 1.54) is 22.7 Å². The Morgan fingerprint density at radius 3 is 2.69 bits per heavy atom. The zero-order chi connectivity index (χ0) is 20.6. The molecule has 0 radical (unpaired) electrons. The van der Waals surface area contributed by atoms with Crippen molar-refractivity contribution in [2.45, 2.75) is 26.5 Å². The van der Waals surface area contributed by atoms with Gasteiger partial charge in [-0.25, -0.2) is 17.8 Å². The number of aromatic nitrogens is 2. The van der Waals surface area contributed by atoms with Gasteiger partial charge in [0.05, 0.1) is 17.5 Å². The van der Waals surface area contributed by atoms with E-state index in [9.17, 15) is 12.8 Å². The van der Waals surface area contributed by atoms with Crippen molar-refractivity contribution in [3.8, 4) is 17.1 Å². The van der Waals surface area contributed by atoms with Crippen molar-refractivity contribution in [1.82, 2.24) is 14.4 Å². The molecule has 0 saturated heterocycles. The van der Waals surface area contributed by atoms with Crippen LogP contribution in [0.15, 0.2) is 40.9 Å². The molecule has 3 aromatic rings. The molecule has 0 atom stereocenters.